The lowest BCUT2D eigenvalue weighted by atomic mass is 9.99. The molecule has 1 aliphatic rings. The van der Waals surface area contributed by atoms with Gasteiger partial charge in [0.1, 0.15) is 0 Å². The molecule has 2 aromatic carbocycles. The van der Waals surface area contributed by atoms with E-state index in [0.717, 1.165) is 25.1 Å². The van der Waals surface area contributed by atoms with E-state index in [4.69, 9.17) is 0 Å². The van der Waals surface area contributed by atoms with Gasteiger partial charge in [-0.2, -0.15) is 0 Å². The van der Waals surface area contributed by atoms with Crippen LogP contribution in [-0.4, -0.2) is 38.7 Å². The van der Waals surface area contributed by atoms with Gasteiger partial charge in [0.25, 0.3) is 0 Å². The van der Waals surface area contributed by atoms with Crippen molar-refractivity contribution in [2.75, 3.05) is 19.3 Å². The van der Waals surface area contributed by atoms with Crippen molar-refractivity contribution in [3.63, 3.8) is 0 Å². The van der Waals surface area contributed by atoms with Gasteiger partial charge in [0.2, 0.25) is 0 Å². The Morgan fingerprint density at radius 3 is 2.44 bits per heavy atom. The number of amides is 2. The average molecular weight is 358 g/mol. The van der Waals surface area contributed by atoms with Crippen molar-refractivity contribution < 1.29 is 13.2 Å². The minimum Gasteiger partial charge on any atom is -0.334 e. The van der Waals surface area contributed by atoms with E-state index in [9.17, 15) is 13.2 Å². The lowest BCUT2D eigenvalue weighted by Gasteiger charge is -2.17. The lowest BCUT2D eigenvalue weighted by molar-refractivity contribution is 0.208. The summed E-state index contributed by atoms with van der Waals surface area (Å²) in [7, 11) is -3.19. The molecule has 3 rings (SSSR count). The Hall–Kier alpha value is -2.34. The minimum absolute atomic E-state index is 0.0781. The molecule has 1 fully saturated rings. The third-order valence-corrected chi connectivity index (χ3v) is 5.67. The number of benzene rings is 2. The number of carbonyl (C=O) groups excluding carboxylic acids is 1. The number of nitrogens with zero attached hydrogens (tertiary/aromatic N) is 1. The SMILES string of the molecule is CS(=O)(=O)c1ccc(CNC(=O)N2CC[C@@H](c3ccccc3)C2)cc1. The molecular weight excluding hydrogens is 336 g/mol. The molecule has 0 spiro atoms. The zero-order valence-electron chi connectivity index (χ0n) is 14.2. The second kappa shape index (κ2) is 7.27. The summed E-state index contributed by atoms with van der Waals surface area (Å²) in [5.74, 6) is 0.390. The van der Waals surface area contributed by atoms with Crippen LogP contribution in [0.1, 0.15) is 23.5 Å². The van der Waals surface area contributed by atoms with Gasteiger partial charge >= 0.3 is 6.03 Å². The molecule has 0 aliphatic carbocycles. The molecule has 132 valence electrons. The largest absolute Gasteiger partial charge is 0.334 e. The molecule has 2 aromatic rings. The number of rotatable bonds is 4. The van der Waals surface area contributed by atoms with E-state index in [1.165, 1.54) is 11.8 Å². The van der Waals surface area contributed by atoms with Gasteiger partial charge in [0, 0.05) is 31.8 Å². The number of sulfone groups is 1. The van der Waals surface area contributed by atoms with E-state index < -0.39 is 9.84 Å². The molecule has 6 heteroatoms. The molecule has 0 radical (unpaired) electrons. The van der Waals surface area contributed by atoms with E-state index in [0.29, 0.717) is 12.5 Å². The first-order valence-electron chi connectivity index (χ1n) is 8.30. The molecule has 1 aliphatic heterocycles. The molecule has 1 saturated heterocycles. The topological polar surface area (TPSA) is 66.5 Å². The molecule has 1 atom stereocenters. The number of hydrogen-bond donors (Lipinski definition) is 1. The summed E-state index contributed by atoms with van der Waals surface area (Å²) in [6.45, 7) is 1.86. The van der Waals surface area contributed by atoms with Crippen LogP contribution < -0.4 is 5.32 Å². The molecule has 0 bridgehead atoms. The average Bonchev–Trinajstić information content (AvgIpc) is 3.10. The second-order valence-electron chi connectivity index (χ2n) is 6.42. The van der Waals surface area contributed by atoms with Crippen LogP contribution in [0.5, 0.6) is 0 Å². The van der Waals surface area contributed by atoms with Crippen molar-refractivity contribution in [3.8, 4) is 0 Å². The Labute approximate surface area is 148 Å². The Morgan fingerprint density at radius 2 is 1.80 bits per heavy atom. The Balaban J connectivity index is 1.53. The maximum absolute atomic E-state index is 12.3. The molecule has 1 heterocycles. The van der Waals surface area contributed by atoms with Gasteiger partial charge < -0.3 is 10.2 Å². The number of carbonyl (C=O) groups is 1. The summed E-state index contributed by atoms with van der Waals surface area (Å²) >= 11 is 0. The molecule has 1 N–H and O–H groups in total. The van der Waals surface area contributed by atoms with Gasteiger partial charge in [-0.3, -0.25) is 0 Å². The van der Waals surface area contributed by atoms with Crippen molar-refractivity contribution >= 4 is 15.9 Å². The van der Waals surface area contributed by atoms with Crippen molar-refractivity contribution in [1.29, 1.82) is 0 Å². The van der Waals surface area contributed by atoms with Crippen LogP contribution in [0.2, 0.25) is 0 Å². The number of likely N-dealkylation sites (tertiary alicyclic amines) is 1. The molecule has 0 aromatic heterocycles. The molecule has 0 unspecified atom stereocenters. The number of nitrogens with one attached hydrogen (secondary N) is 1. The van der Waals surface area contributed by atoms with Crippen LogP contribution >= 0.6 is 0 Å². The summed E-state index contributed by atoms with van der Waals surface area (Å²) in [6, 6.07) is 16.8. The fourth-order valence-corrected chi connectivity index (χ4v) is 3.72. The molecule has 25 heavy (non-hydrogen) atoms. The maximum Gasteiger partial charge on any atom is 0.317 e. The van der Waals surface area contributed by atoms with E-state index >= 15 is 0 Å². The number of hydrogen-bond acceptors (Lipinski definition) is 3. The van der Waals surface area contributed by atoms with Gasteiger partial charge in [0.05, 0.1) is 4.90 Å². The van der Waals surface area contributed by atoms with Crippen molar-refractivity contribution in [3.05, 3.63) is 65.7 Å². The molecule has 2 amide bonds. The fraction of sp³-hybridized carbons (Fsp3) is 0.316. The minimum atomic E-state index is -3.19. The summed E-state index contributed by atoms with van der Waals surface area (Å²) in [5, 5.41) is 2.91. The van der Waals surface area contributed by atoms with E-state index in [1.54, 1.807) is 24.3 Å². The predicted molar refractivity (Wildman–Crippen MR) is 97.2 cm³/mol. The summed E-state index contributed by atoms with van der Waals surface area (Å²) in [4.78, 5) is 14.5. The summed E-state index contributed by atoms with van der Waals surface area (Å²) < 4.78 is 22.9. The smallest absolute Gasteiger partial charge is 0.317 e. The van der Waals surface area contributed by atoms with E-state index in [2.05, 4.69) is 17.4 Å². The van der Waals surface area contributed by atoms with E-state index in [-0.39, 0.29) is 10.9 Å². The Kier molecular flexibility index (Phi) is 5.08. The van der Waals surface area contributed by atoms with Gasteiger partial charge in [-0.25, -0.2) is 13.2 Å². The third kappa shape index (κ3) is 4.39. The standard InChI is InChI=1S/C19H22N2O3S/c1-25(23,24)18-9-7-15(8-10-18)13-20-19(22)21-12-11-17(14-21)16-5-3-2-4-6-16/h2-10,17H,11-14H2,1H3,(H,20,22)/t17-/m1/s1. The maximum atomic E-state index is 12.3. The highest BCUT2D eigenvalue weighted by atomic mass is 32.2. The first-order valence-corrected chi connectivity index (χ1v) is 10.2. The number of urea groups is 1. The highest BCUT2D eigenvalue weighted by molar-refractivity contribution is 7.90. The highest BCUT2D eigenvalue weighted by Crippen LogP contribution is 2.26. The first-order chi connectivity index (χ1) is 11.9. The van der Waals surface area contributed by atoms with Crippen molar-refractivity contribution in [2.45, 2.75) is 23.8 Å². The Morgan fingerprint density at radius 1 is 1.12 bits per heavy atom. The Bertz CT molecular complexity index is 833. The molecule has 5 nitrogen and oxygen atoms in total. The van der Waals surface area contributed by atoms with Crippen LogP contribution in [0, 0.1) is 0 Å². The highest BCUT2D eigenvalue weighted by Gasteiger charge is 2.26. The van der Waals surface area contributed by atoms with Crippen LogP contribution in [0.15, 0.2) is 59.5 Å². The fourth-order valence-electron chi connectivity index (χ4n) is 3.09. The van der Waals surface area contributed by atoms with Crippen LogP contribution in [-0.2, 0) is 16.4 Å². The predicted octanol–water partition coefficient (Wildman–Crippen LogP) is 2.79. The quantitative estimate of drug-likeness (QED) is 0.914. The monoisotopic (exact) mass is 358 g/mol. The lowest BCUT2D eigenvalue weighted by Crippen LogP contribution is -2.37. The van der Waals surface area contributed by atoms with Gasteiger partial charge in [-0.05, 0) is 29.7 Å². The zero-order chi connectivity index (χ0) is 17.9. The molecule has 0 saturated carbocycles. The first kappa shape index (κ1) is 17.5. The van der Waals surface area contributed by atoms with Gasteiger partial charge in [-0.15, -0.1) is 0 Å². The van der Waals surface area contributed by atoms with Crippen molar-refractivity contribution in [2.24, 2.45) is 0 Å². The van der Waals surface area contributed by atoms with Crippen LogP contribution in [0.4, 0.5) is 4.79 Å². The van der Waals surface area contributed by atoms with Crippen LogP contribution in [0.25, 0.3) is 0 Å². The third-order valence-electron chi connectivity index (χ3n) is 4.54. The second-order valence-corrected chi connectivity index (χ2v) is 8.43. The van der Waals surface area contributed by atoms with Gasteiger partial charge in [0.15, 0.2) is 9.84 Å². The molecular formula is C19H22N2O3S. The zero-order valence-corrected chi connectivity index (χ0v) is 15.0. The van der Waals surface area contributed by atoms with Gasteiger partial charge in [-0.1, -0.05) is 42.5 Å². The normalized spacial score (nSPS) is 17.5. The summed E-state index contributed by atoms with van der Waals surface area (Å²) in [5.41, 5.74) is 2.15. The summed E-state index contributed by atoms with van der Waals surface area (Å²) in [6.07, 6.45) is 2.15. The van der Waals surface area contributed by atoms with E-state index in [1.807, 2.05) is 23.1 Å². The van der Waals surface area contributed by atoms with Crippen molar-refractivity contribution in [1.82, 2.24) is 10.2 Å². The van der Waals surface area contributed by atoms with Crippen LogP contribution in [0.3, 0.4) is 0 Å².